The number of piperazine rings is 1. The van der Waals surface area contributed by atoms with E-state index in [1.807, 2.05) is 0 Å². The van der Waals surface area contributed by atoms with E-state index >= 15 is 0 Å². The van der Waals surface area contributed by atoms with Gasteiger partial charge in [-0.05, 0) is 17.7 Å². The SMILES string of the molecule is FC(F)(F)[C@@H](c1cccc(Cl)c1)N1CCNCC1. The highest BCUT2D eigenvalue weighted by molar-refractivity contribution is 6.30. The second kappa shape index (κ2) is 5.47. The van der Waals surface area contributed by atoms with Gasteiger partial charge in [0.1, 0.15) is 6.04 Å². The summed E-state index contributed by atoms with van der Waals surface area (Å²) < 4.78 is 39.7. The molecule has 6 heteroatoms. The quantitative estimate of drug-likeness (QED) is 0.895. The molecule has 1 atom stereocenters. The molecule has 2 rings (SSSR count). The summed E-state index contributed by atoms with van der Waals surface area (Å²) in [6.07, 6.45) is -4.29. The van der Waals surface area contributed by atoms with E-state index in [-0.39, 0.29) is 5.56 Å². The molecule has 0 saturated carbocycles. The zero-order valence-electron chi connectivity index (χ0n) is 9.67. The van der Waals surface area contributed by atoms with Crippen LogP contribution in [0.15, 0.2) is 24.3 Å². The fourth-order valence-electron chi connectivity index (χ4n) is 2.22. The van der Waals surface area contributed by atoms with E-state index in [0.29, 0.717) is 31.2 Å². The number of hydrogen-bond acceptors (Lipinski definition) is 2. The summed E-state index contributed by atoms with van der Waals surface area (Å²) in [5.41, 5.74) is 0.205. The van der Waals surface area contributed by atoms with Gasteiger partial charge >= 0.3 is 6.18 Å². The highest BCUT2D eigenvalue weighted by Crippen LogP contribution is 2.38. The van der Waals surface area contributed by atoms with Gasteiger partial charge in [-0.25, -0.2) is 0 Å². The number of nitrogens with one attached hydrogen (secondary N) is 1. The molecule has 1 aliphatic rings. The van der Waals surface area contributed by atoms with Gasteiger partial charge < -0.3 is 5.32 Å². The smallest absolute Gasteiger partial charge is 0.314 e. The number of nitrogens with zero attached hydrogens (tertiary/aromatic N) is 1. The minimum atomic E-state index is -4.29. The number of benzene rings is 1. The largest absolute Gasteiger partial charge is 0.408 e. The molecule has 1 N–H and O–H groups in total. The van der Waals surface area contributed by atoms with Crippen molar-refractivity contribution in [3.05, 3.63) is 34.9 Å². The average Bonchev–Trinajstić information content (AvgIpc) is 2.28. The Bertz CT molecular complexity index is 403. The summed E-state index contributed by atoms with van der Waals surface area (Å²) in [4.78, 5) is 1.45. The minimum Gasteiger partial charge on any atom is -0.314 e. The predicted octanol–water partition coefficient (Wildman–Crippen LogP) is 2.85. The third kappa shape index (κ3) is 3.16. The van der Waals surface area contributed by atoms with Crippen LogP contribution in [-0.2, 0) is 0 Å². The molecule has 1 heterocycles. The van der Waals surface area contributed by atoms with E-state index in [4.69, 9.17) is 11.6 Å². The summed E-state index contributed by atoms with van der Waals surface area (Å²) in [6, 6.07) is 4.43. The zero-order valence-corrected chi connectivity index (χ0v) is 10.4. The molecule has 0 aromatic heterocycles. The molecule has 0 radical (unpaired) electrons. The normalized spacial score (nSPS) is 19.8. The monoisotopic (exact) mass is 278 g/mol. The van der Waals surface area contributed by atoms with Crippen LogP contribution in [0.2, 0.25) is 5.02 Å². The first-order valence-corrected chi connectivity index (χ1v) is 6.13. The molecule has 100 valence electrons. The molecule has 0 bridgehead atoms. The molecule has 1 fully saturated rings. The van der Waals surface area contributed by atoms with Gasteiger partial charge in [-0.1, -0.05) is 23.7 Å². The number of rotatable bonds is 2. The number of halogens is 4. The van der Waals surface area contributed by atoms with Gasteiger partial charge in [-0.15, -0.1) is 0 Å². The first-order valence-electron chi connectivity index (χ1n) is 5.75. The maximum absolute atomic E-state index is 13.2. The van der Waals surface area contributed by atoms with Crippen LogP contribution in [0.25, 0.3) is 0 Å². The molecule has 1 aromatic rings. The summed E-state index contributed by atoms with van der Waals surface area (Å²) in [5.74, 6) is 0. The van der Waals surface area contributed by atoms with Crippen molar-refractivity contribution in [1.82, 2.24) is 10.2 Å². The summed E-state index contributed by atoms with van der Waals surface area (Å²) >= 11 is 5.78. The van der Waals surface area contributed by atoms with Crippen molar-refractivity contribution in [3.8, 4) is 0 Å². The Labute approximate surface area is 109 Å². The predicted molar refractivity (Wildman–Crippen MR) is 64.7 cm³/mol. The van der Waals surface area contributed by atoms with Crippen molar-refractivity contribution in [2.75, 3.05) is 26.2 Å². The lowest BCUT2D eigenvalue weighted by Crippen LogP contribution is -2.49. The first kappa shape index (κ1) is 13.6. The van der Waals surface area contributed by atoms with Gasteiger partial charge in [0.05, 0.1) is 0 Å². The molecule has 0 spiro atoms. The molecular formula is C12H14ClF3N2. The molecule has 18 heavy (non-hydrogen) atoms. The van der Waals surface area contributed by atoms with Crippen LogP contribution in [0.3, 0.4) is 0 Å². The van der Waals surface area contributed by atoms with Gasteiger partial charge in [0.25, 0.3) is 0 Å². The van der Waals surface area contributed by atoms with Gasteiger partial charge in [-0.3, -0.25) is 4.90 Å². The Morgan fingerprint density at radius 1 is 1.22 bits per heavy atom. The molecule has 0 unspecified atom stereocenters. The number of alkyl halides is 3. The van der Waals surface area contributed by atoms with Crippen LogP contribution in [0, 0.1) is 0 Å². The molecule has 1 aliphatic heterocycles. The van der Waals surface area contributed by atoms with Crippen molar-refractivity contribution >= 4 is 11.6 Å². The van der Waals surface area contributed by atoms with E-state index in [9.17, 15) is 13.2 Å². The van der Waals surface area contributed by atoms with Crippen molar-refractivity contribution in [3.63, 3.8) is 0 Å². The van der Waals surface area contributed by atoms with Crippen molar-refractivity contribution in [2.45, 2.75) is 12.2 Å². The van der Waals surface area contributed by atoms with Crippen LogP contribution < -0.4 is 5.32 Å². The highest BCUT2D eigenvalue weighted by Gasteiger charge is 2.44. The molecule has 1 aromatic carbocycles. The Hall–Kier alpha value is -0.780. The van der Waals surface area contributed by atoms with E-state index in [1.54, 1.807) is 12.1 Å². The van der Waals surface area contributed by atoms with Crippen molar-refractivity contribution in [2.24, 2.45) is 0 Å². The van der Waals surface area contributed by atoms with Crippen molar-refractivity contribution in [1.29, 1.82) is 0 Å². The van der Waals surface area contributed by atoms with Gasteiger partial charge in [-0.2, -0.15) is 13.2 Å². The third-order valence-electron chi connectivity index (χ3n) is 2.99. The maximum Gasteiger partial charge on any atom is 0.408 e. The van der Waals surface area contributed by atoms with E-state index in [2.05, 4.69) is 5.32 Å². The standard InChI is InChI=1S/C12H14ClF3N2/c13-10-3-1-2-9(8-10)11(12(14,15)16)18-6-4-17-5-7-18/h1-3,8,11,17H,4-7H2/t11-/m1/s1. The minimum absolute atomic E-state index is 0.205. The van der Waals surface area contributed by atoms with Crippen molar-refractivity contribution < 1.29 is 13.2 Å². The van der Waals surface area contributed by atoms with Crippen LogP contribution in [0.4, 0.5) is 13.2 Å². The number of hydrogen-bond donors (Lipinski definition) is 1. The summed E-state index contributed by atoms with van der Waals surface area (Å²) in [7, 11) is 0. The van der Waals surface area contributed by atoms with Gasteiger partial charge in [0.15, 0.2) is 0 Å². The fraction of sp³-hybridized carbons (Fsp3) is 0.500. The summed E-state index contributed by atoms with van der Waals surface area (Å²) in [5, 5.41) is 3.38. The lowest BCUT2D eigenvalue weighted by molar-refractivity contribution is -0.187. The molecular weight excluding hydrogens is 265 g/mol. The lowest BCUT2D eigenvalue weighted by Gasteiger charge is -2.36. The fourth-order valence-corrected chi connectivity index (χ4v) is 2.42. The Balaban J connectivity index is 2.30. The van der Waals surface area contributed by atoms with Crippen LogP contribution in [0.1, 0.15) is 11.6 Å². The van der Waals surface area contributed by atoms with Crippen LogP contribution in [0.5, 0.6) is 0 Å². The van der Waals surface area contributed by atoms with Crippen LogP contribution >= 0.6 is 11.6 Å². The van der Waals surface area contributed by atoms with E-state index < -0.39 is 12.2 Å². The lowest BCUT2D eigenvalue weighted by atomic mass is 10.0. The maximum atomic E-state index is 13.2. The highest BCUT2D eigenvalue weighted by atomic mass is 35.5. The molecule has 0 amide bonds. The summed E-state index contributed by atoms with van der Waals surface area (Å²) in [6.45, 7) is 1.92. The second-order valence-electron chi connectivity index (χ2n) is 4.29. The van der Waals surface area contributed by atoms with Crippen LogP contribution in [-0.4, -0.2) is 37.3 Å². The zero-order chi connectivity index (χ0) is 13.2. The van der Waals surface area contributed by atoms with E-state index in [0.717, 1.165) is 0 Å². The second-order valence-corrected chi connectivity index (χ2v) is 4.72. The Morgan fingerprint density at radius 3 is 2.44 bits per heavy atom. The Morgan fingerprint density at radius 2 is 1.89 bits per heavy atom. The van der Waals surface area contributed by atoms with Gasteiger partial charge in [0, 0.05) is 31.2 Å². The average molecular weight is 279 g/mol. The van der Waals surface area contributed by atoms with E-state index in [1.165, 1.54) is 17.0 Å². The molecule has 2 nitrogen and oxygen atoms in total. The topological polar surface area (TPSA) is 15.3 Å². The molecule has 1 saturated heterocycles. The molecule has 0 aliphatic carbocycles. The first-order chi connectivity index (χ1) is 8.48. The van der Waals surface area contributed by atoms with Gasteiger partial charge in [0.2, 0.25) is 0 Å². The Kier molecular flexibility index (Phi) is 4.14. The third-order valence-corrected chi connectivity index (χ3v) is 3.23.